The molecule has 0 aromatic heterocycles. The van der Waals surface area contributed by atoms with Crippen molar-refractivity contribution in [1.82, 2.24) is 10.5 Å². The lowest BCUT2D eigenvalue weighted by Gasteiger charge is -2.08. The van der Waals surface area contributed by atoms with Crippen molar-refractivity contribution in [3.8, 4) is 0 Å². The second kappa shape index (κ2) is 3.08. The monoisotopic (exact) mass is 89.1 g/mol. The van der Waals surface area contributed by atoms with Crippen LogP contribution in [0.15, 0.2) is 0 Å². The Bertz CT molecular complexity index is 25.2. The Labute approximate surface area is 38.1 Å². The van der Waals surface area contributed by atoms with Gasteiger partial charge in [-0.25, -0.2) is 5.01 Å². The Balaban J connectivity index is 2.75. The topological polar surface area (TPSA) is 41.3 Å². The van der Waals surface area contributed by atoms with Crippen LogP contribution in [0, 0.1) is 0 Å². The van der Waals surface area contributed by atoms with Crippen molar-refractivity contribution in [2.24, 2.45) is 5.84 Å². The molecule has 38 valence electrons. The SMILES string of the molecule is CCN(C)NN. The van der Waals surface area contributed by atoms with Crippen molar-refractivity contribution in [3.63, 3.8) is 0 Å². The normalized spacial score (nSPS) is 10.0. The smallest absolute Gasteiger partial charge is 0.0112 e. The van der Waals surface area contributed by atoms with E-state index in [0.717, 1.165) is 6.54 Å². The van der Waals surface area contributed by atoms with E-state index in [-0.39, 0.29) is 0 Å². The zero-order valence-corrected chi connectivity index (χ0v) is 4.23. The lowest BCUT2D eigenvalue weighted by molar-refractivity contribution is 0.252. The predicted molar refractivity (Wildman–Crippen MR) is 25.6 cm³/mol. The highest BCUT2D eigenvalue weighted by Gasteiger charge is 1.80. The molecule has 0 aromatic rings. The summed E-state index contributed by atoms with van der Waals surface area (Å²) in [5.41, 5.74) is 2.45. The number of nitrogens with two attached hydrogens (primary N) is 1. The minimum Gasteiger partial charge on any atom is -0.258 e. The first-order chi connectivity index (χ1) is 2.81. The number of hydrazine groups is 2. The first kappa shape index (κ1) is 5.88. The number of hydrogen-bond donors (Lipinski definition) is 2. The summed E-state index contributed by atoms with van der Waals surface area (Å²) in [6.07, 6.45) is 0. The van der Waals surface area contributed by atoms with Crippen molar-refractivity contribution in [2.45, 2.75) is 6.92 Å². The number of rotatable bonds is 2. The molecule has 0 aliphatic rings. The van der Waals surface area contributed by atoms with Crippen LogP contribution in [0.4, 0.5) is 0 Å². The van der Waals surface area contributed by atoms with E-state index in [1.165, 1.54) is 0 Å². The average Bonchev–Trinajstić information content (AvgIpc) is 1.65. The van der Waals surface area contributed by atoms with E-state index in [1.54, 1.807) is 5.01 Å². The number of nitrogens with zero attached hydrogens (tertiary/aromatic N) is 1. The molecule has 0 bridgehead atoms. The van der Waals surface area contributed by atoms with E-state index < -0.39 is 0 Å². The van der Waals surface area contributed by atoms with Crippen molar-refractivity contribution in [1.29, 1.82) is 0 Å². The predicted octanol–water partition coefficient (Wildman–Crippen LogP) is -0.684. The zero-order valence-electron chi connectivity index (χ0n) is 4.23. The quantitative estimate of drug-likeness (QED) is 0.348. The highest BCUT2D eigenvalue weighted by atomic mass is 15.6. The van der Waals surface area contributed by atoms with Gasteiger partial charge in [0.1, 0.15) is 0 Å². The van der Waals surface area contributed by atoms with Crippen LogP contribution in [0.2, 0.25) is 0 Å². The summed E-state index contributed by atoms with van der Waals surface area (Å²) in [4.78, 5) is 0. The van der Waals surface area contributed by atoms with Crippen LogP contribution in [0.25, 0.3) is 0 Å². The van der Waals surface area contributed by atoms with Crippen LogP contribution >= 0.6 is 0 Å². The summed E-state index contributed by atoms with van der Waals surface area (Å²) in [7, 11) is 1.88. The van der Waals surface area contributed by atoms with Gasteiger partial charge in [-0.3, -0.25) is 5.84 Å². The van der Waals surface area contributed by atoms with Crippen LogP contribution < -0.4 is 11.4 Å². The lowest BCUT2D eigenvalue weighted by atomic mass is 10.7. The molecule has 0 rings (SSSR count). The Morgan fingerprint density at radius 3 is 2.33 bits per heavy atom. The van der Waals surface area contributed by atoms with Gasteiger partial charge in [-0.05, 0) is 0 Å². The molecule has 0 aromatic carbocycles. The second-order valence-electron chi connectivity index (χ2n) is 1.14. The Morgan fingerprint density at radius 1 is 1.83 bits per heavy atom. The third-order valence-electron chi connectivity index (χ3n) is 0.695. The molecule has 0 amide bonds. The van der Waals surface area contributed by atoms with Crippen LogP contribution in [-0.4, -0.2) is 18.6 Å². The average molecular weight is 89.1 g/mol. The first-order valence-electron chi connectivity index (χ1n) is 1.98. The fraction of sp³-hybridized carbons (Fsp3) is 1.00. The summed E-state index contributed by atoms with van der Waals surface area (Å²) in [5, 5.41) is 1.78. The van der Waals surface area contributed by atoms with E-state index >= 15 is 0 Å². The number of hydrogen-bond acceptors (Lipinski definition) is 3. The van der Waals surface area contributed by atoms with Gasteiger partial charge >= 0.3 is 0 Å². The largest absolute Gasteiger partial charge is 0.258 e. The summed E-state index contributed by atoms with van der Waals surface area (Å²) >= 11 is 0. The molecule has 0 fully saturated rings. The molecule has 0 saturated heterocycles. The van der Waals surface area contributed by atoms with Crippen LogP contribution in [0.1, 0.15) is 6.92 Å². The molecule has 0 atom stereocenters. The third-order valence-corrected chi connectivity index (χ3v) is 0.695. The minimum atomic E-state index is 0.927. The summed E-state index contributed by atoms with van der Waals surface area (Å²) in [6, 6.07) is 0. The molecule has 6 heavy (non-hydrogen) atoms. The van der Waals surface area contributed by atoms with Gasteiger partial charge < -0.3 is 0 Å². The van der Waals surface area contributed by atoms with Gasteiger partial charge in [-0.1, -0.05) is 6.92 Å². The van der Waals surface area contributed by atoms with Crippen LogP contribution in [0.3, 0.4) is 0 Å². The molecule has 0 saturated carbocycles. The zero-order chi connectivity index (χ0) is 4.99. The summed E-state index contributed by atoms with van der Waals surface area (Å²) in [5.74, 6) is 4.96. The highest BCUT2D eigenvalue weighted by Crippen LogP contribution is 1.62. The maximum atomic E-state index is 4.96. The van der Waals surface area contributed by atoms with E-state index in [9.17, 15) is 0 Å². The molecule has 0 heterocycles. The number of nitrogens with one attached hydrogen (secondary N) is 1. The van der Waals surface area contributed by atoms with Crippen LogP contribution in [0.5, 0.6) is 0 Å². The summed E-state index contributed by atoms with van der Waals surface area (Å²) < 4.78 is 0. The Kier molecular flexibility index (Phi) is 3.02. The van der Waals surface area contributed by atoms with Gasteiger partial charge in [0.15, 0.2) is 0 Å². The van der Waals surface area contributed by atoms with E-state index in [1.807, 2.05) is 14.0 Å². The molecule has 0 aliphatic heterocycles. The maximum Gasteiger partial charge on any atom is 0.0112 e. The Hall–Kier alpha value is -0.120. The molecule has 0 unspecified atom stereocenters. The van der Waals surface area contributed by atoms with Gasteiger partial charge in [0.05, 0.1) is 0 Å². The lowest BCUT2D eigenvalue weighted by Crippen LogP contribution is -2.39. The second-order valence-corrected chi connectivity index (χ2v) is 1.14. The fourth-order valence-corrected chi connectivity index (χ4v) is 0.0913. The maximum absolute atomic E-state index is 4.96. The molecular formula is C3H11N3. The van der Waals surface area contributed by atoms with Gasteiger partial charge in [-0.2, -0.15) is 5.53 Å². The molecular weight excluding hydrogens is 78.1 g/mol. The molecule has 3 nitrogen and oxygen atoms in total. The highest BCUT2D eigenvalue weighted by molar-refractivity contribution is 4.25. The fourth-order valence-electron chi connectivity index (χ4n) is 0.0913. The van der Waals surface area contributed by atoms with Crippen molar-refractivity contribution in [3.05, 3.63) is 0 Å². The van der Waals surface area contributed by atoms with Gasteiger partial charge in [0.2, 0.25) is 0 Å². The molecule has 0 spiro atoms. The van der Waals surface area contributed by atoms with Crippen molar-refractivity contribution < 1.29 is 0 Å². The van der Waals surface area contributed by atoms with E-state index in [0.29, 0.717) is 0 Å². The standard InChI is InChI=1S/C3H11N3/c1-3-6(2)5-4/h5H,3-4H2,1-2H3. The van der Waals surface area contributed by atoms with Crippen LogP contribution in [-0.2, 0) is 0 Å². The molecule has 3 heteroatoms. The molecule has 3 N–H and O–H groups in total. The van der Waals surface area contributed by atoms with E-state index in [4.69, 9.17) is 5.84 Å². The van der Waals surface area contributed by atoms with Gasteiger partial charge in [0.25, 0.3) is 0 Å². The van der Waals surface area contributed by atoms with Gasteiger partial charge in [0, 0.05) is 13.6 Å². The van der Waals surface area contributed by atoms with Crippen molar-refractivity contribution in [2.75, 3.05) is 13.6 Å². The summed E-state index contributed by atoms with van der Waals surface area (Å²) in [6.45, 7) is 2.94. The first-order valence-corrected chi connectivity index (χ1v) is 1.98. The van der Waals surface area contributed by atoms with E-state index in [2.05, 4.69) is 5.53 Å². The minimum absolute atomic E-state index is 0.927. The van der Waals surface area contributed by atoms with Crippen molar-refractivity contribution >= 4 is 0 Å². The Morgan fingerprint density at radius 2 is 2.33 bits per heavy atom. The third kappa shape index (κ3) is 2.14. The molecule has 0 radical (unpaired) electrons. The van der Waals surface area contributed by atoms with Gasteiger partial charge in [-0.15, -0.1) is 0 Å². The molecule has 0 aliphatic carbocycles.